The number of carbonyl (C=O) groups excluding carboxylic acids is 2. The second-order valence-corrected chi connectivity index (χ2v) is 6.69. The predicted molar refractivity (Wildman–Crippen MR) is 97.9 cm³/mol. The van der Waals surface area contributed by atoms with Gasteiger partial charge in [-0.25, -0.2) is 14.4 Å². The largest absolute Gasteiger partial charge is 0.405 e. The van der Waals surface area contributed by atoms with Gasteiger partial charge in [0.25, 0.3) is 17.4 Å². The first-order chi connectivity index (χ1) is 13.5. The van der Waals surface area contributed by atoms with Crippen molar-refractivity contribution in [2.45, 2.75) is 31.2 Å². The Morgan fingerprint density at radius 2 is 1.72 bits per heavy atom. The number of benzene rings is 1. The summed E-state index contributed by atoms with van der Waals surface area (Å²) in [6.45, 7) is 1.27. The van der Waals surface area contributed by atoms with E-state index in [-0.39, 0.29) is 11.3 Å². The first-order valence-electron chi connectivity index (χ1n) is 8.26. The zero-order valence-electron chi connectivity index (χ0n) is 15.4. The molecule has 0 aliphatic carbocycles. The number of nitrogens with one attached hydrogen (secondary N) is 1. The summed E-state index contributed by atoms with van der Waals surface area (Å²) in [7, 11) is 0. The van der Waals surface area contributed by atoms with Crippen molar-refractivity contribution in [3.63, 3.8) is 0 Å². The van der Waals surface area contributed by atoms with Crippen LogP contribution in [0.5, 0.6) is 0 Å². The van der Waals surface area contributed by atoms with E-state index in [4.69, 9.17) is 11.6 Å². The molecule has 0 fully saturated rings. The van der Waals surface area contributed by atoms with Crippen molar-refractivity contribution in [3.8, 4) is 0 Å². The van der Waals surface area contributed by atoms with Crippen molar-refractivity contribution >= 4 is 29.1 Å². The van der Waals surface area contributed by atoms with Crippen LogP contribution in [0.15, 0.2) is 43.0 Å². The van der Waals surface area contributed by atoms with Crippen LogP contribution in [0.3, 0.4) is 0 Å². The maximum atomic E-state index is 13.8. The fraction of sp³-hybridized carbons (Fsp3) is 0.333. The van der Waals surface area contributed by atoms with Crippen LogP contribution in [0.2, 0.25) is 0 Å². The highest BCUT2D eigenvalue weighted by Gasteiger charge is 2.47. The molecule has 1 aromatic carbocycles. The molecule has 0 aliphatic rings. The number of amides is 2. The number of carbonyl (C=O) groups is 2. The van der Waals surface area contributed by atoms with E-state index in [0.29, 0.717) is 4.90 Å². The van der Waals surface area contributed by atoms with E-state index in [2.05, 4.69) is 9.97 Å². The number of aryl methyl sites for hydroxylation is 1. The average Bonchev–Trinajstić information content (AvgIpc) is 2.67. The number of rotatable bonds is 6. The molecule has 29 heavy (non-hydrogen) atoms. The Bertz CT molecular complexity index is 862. The van der Waals surface area contributed by atoms with Gasteiger partial charge in [0.2, 0.25) is 0 Å². The van der Waals surface area contributed by atoms with Gasteiger partial charge in [0.1, 0.15) is 12.9 Å². The fourth-order valence-corrected chi connectivity index (χ4v) is 2.76. The van der Waals surface area contributed by atoms with Crippen molar-refractivity contribution in [1.29, 1.82) is 0 Å². The predicted octanol–water partition coefficient (Wildman–Crippen LogP) is 3.25. The minimum Gasteiger partial charge on any atom is -0.345 e. The molecule has 0 spiro atoms. The molecule has 1 heterocycles. The number of aromatic nitrogens is 2. The van der Waals surface area contributed by atoms with E-state index in [9.17, 15) is 27.2 Å². The van der Waals surface area contributed by atoms with Crippen molar-refractivity contribution in [3.05, 3.63) is 54.1 Å². The minimum atomic E-state index is -4.70. The quantitative estimate of drug-likeness (QED) is 0.561. The van der Waals surface area contributed by atoms with Gasteiger partial charge in [-0.2, -0.15) is 13.2 Å². The fourth-order valence-electron chi connectivity index (χ4n) is 2.66. The Balaban J connectivity index is 2.65. The molecule has 2 amide bonds. The first-order valence-corrected chi connectivity index (χ1v) is 8.70. The lowest BCUT2D eigenvalue weighted by molar-refractivity contribution is -0.142. The van der Waals surface area contributed by atoms with Crippen LogP contribution in [0.1, 0.15) is 18.1 Å². The Morgan fingerprint density at radius 1 is 1.17 bits per heavy atom. The van der Waals surface area contributed by atoms with Gasteiger partial charge in [0.05, 0.1) is 0 Å². The summed E-state index contributed by atoms with van der Waals surface area (Å²) < 4.78 is 51.8. The summed E-state index contributed by atoms with van der Waals surface area (Å²) >= 11 is 5.35. The van der Waals surface area contributed by atoms with Crippen LogP contribution in [0, 0.1) is 6.92 Å². The van der Waals surface area contributed by atoms with Gasteiger partial charge in [-0.3, -0.25) is 14.5 Å². The highest BCUT2D eigenvalue weighted by Crippen LogP contribution is 2.35. The molecule has 1 N–H and O–H groups in total. The zero-order chi connectivity index (χ0) is 21.8. The van der Waals surface area contributed by atoms with Crippen LogP contribution in [-0.2, 0) is 15.1 Å². The minimum absolute atomic E-state index is 0.0362. The molecule has 2 aromatic rings. The van der Waals surface area contributed by atoms with Crippen LogP contribution < -0.4 is 10.2 Å². The van der Waals surface area contributed by atoms with Crippen LogP contribution in [0.4, 0.5) is 23.2 Å². The third-order valence-corrected chi connectivity index (χ3v) is 4.35. The van der Waals surface area contributed by atoms with E-state index in [1.54, 1.807) is 24.4 Å². The average molecular weight is 433 g/mol. The maximum absolute atomic E-state index is 13.8. The summed E-state index contributed by atoms with van der Waals surface area (Å²) in [5.74, 6) is -2.54. The van der Waals surface area contributed by atoms with Crippen LogP contribution in [-0.4, -0.2) is 40.1 Å². The van der Waals surface area contributed by atoms with Crippen molar-refractivity contribution in [2.24, 2.45) is 0 Å². The third kappa shape index (κ3) is 5.20. The molecule has 0 radical (unpaired) electrons. The van der Waals surface area contributed by atoms with Gasteiger partial charge in [0.15, 0.2) is 5.54 Å². The summed E-state index contributed by atoms with van der Waals surface area (Å²) in [6, 6.07) is 6.02. The van der Waals surface area contributed by atoms with E-state index in [0.717, 1.165) is 31.2 Å². The Labute approximate surface area is 168 Å². The lowest BCUT2D eigenvalue weighted by atomic mass is 9.89. The van der Waals surface area contributed by atoms with Gasteiger partial charge in [0, 0.05) is 23.6 Å². The molecule has 2 rings (SSSR count). The summed E-state index contributed by atoms with van der Waals surface area (Å²) in [5, 5.41) is 1.74. The summed E-state index contributed by atoms with van der Waals surface area (Å²) in [4.78, 5) is 33.7. The van der Waals surface area contributed by atoms with Crippen LogP contribution >= 0.6 is 11.6 Å². The molecule has 156 valence electrons. The van der Waals surface area contributed by atoms with Gasteiger partial charge >= 0.3 is 6.18 Å². The second kappa shape index (κ2) is 8.73. The van der Waals surface area contributed by atoms with E-state index in [1.165, 1.54) is 12.1 Å². The third-order valence-electron chi connectivity index (χ3n) is 4.16. The molecule has 0 saturated heterocycles. The molecule has 2 atom stereocenters. The zero-order valence-corrected chi connectivity index (χ0v) is 16.1. The monoisotopic (exact) mass is 432 g/mol. The molecular weight excluding hydrogens is 416 g/mol. The highest BCUT2D eigenvalue weighted by atomic mass is 35.5. The first kappa shape index (κ1) is 22.5. The van der Waals surface area contributed by atoms with E-state index in [1.807, 2.05) is 0 Å². The Hall–Kier alpha value is -2.75. The topological polar surface area (TPSA) is 75.2 Å². The van der Waals surface area contributed by atoms with Crippen molar-refractivity contribution < 1.29 is 27.2 Å². The maximum Gasteiger partial charge on any atom is 0.405 e. The number of alkyl halides is 5. The summed E-state index contributed by atoms with van der Waals surface area (Å²) in [5.41, 5.74) is -3.85. The number of nitrogens with zero attached hydrogens (tertiary/aromatic N) is 3. The smallest absolute Gasteiger partial charge is 0.345 e. The molecule has 6 nitrogen and oxygen atoms in total. The van der Waals surface area contributed by atoms with Crippen molar-refractivity contribution in [1.82, 2.24) is 15.3 Å². The number of anilines is 1. The van der Waals surface area contributed by atoms with Crippen LogP contribution in [0.25, 0.3) is 0 Å². The van der Waals surface area contributed by atoms with E-state index >= 15 is 0 Å². The molecule has 0 saturated carbocycles. The van der Waals surface area contributed by atoms with Gasteiger partial charge in [-0.15, -0.1) is 0 Å². The SMILES string of the molecule is Cc1ccc(N(C(=O)[C@H](F)Cl)[C@@](C)(C(=O)NCC(F)(F)F)c2cncnc2)cc1. The molecule has 0 unspecified atom stereocenters. The number of hydrogen-bond acceptors (Lipinski definition) is 4. The van der Waals surface area contributed by atoms with Gasteiger partial charge < -0.3 is 5.32 Å². The molecule has 1 aromatic heterocycles. The lowest BCUT2D eigenvalue weighted by Crippen LogP contribution is -2.59. The highest BCUT2D eigenvalue weighted by molar-refractivity contribution is 6.32. The molecule has 11 heteroatoms. The standard InChI is InChI=1S/C18H17ClF4N4O2/c1-11-3-5-13(6-4-11)27(15(28)14(19)20)17(2,12-7-24-10-25-8-12)16(29)26-9-18(21,22)23/h3-8,10,14H,9H2,1-2H3,(H,26,29)/t14-,17+/m0/s1. The molecular formula is C18H17ClF4N4O2. The normalized spacial score (nSPS) is 14.6. The Morgan fingerprint density at radius 3 is 2.21 bits per heavy atom. The van der Waals surface area contributed by atoms with E-state index < -0.39 is 35.7 Å². The number of halogens is 5. The van der Waals surface area contributed by atoms with Crippen molar-refractivity contribution in [2.75, 3.05) is 11.4 Å². The van der Waals surface area contributed by atoms with Gasteiger partial charge in [-0.05, 0) is 26.0 Å². The molecule has 0 aliphatic heterocycles. The Kier molecular flexibility index (Phi) is 6.78. The number of hydrogen-bond donors (Lipinski definition) is 1. The summed E-state index contributed by atoms with van der Waals surface area (Å²) in [6.07, 6.45) is -1.27. The lowest BCUT2D eigenvalue weighted by Gasteiger charge is -2.40. The second-order valence-electron chi connectivity index (χ2n) is 6.31. The molecule has 0 bridgehead atoms. The van der Waals surface area contributed by atoms with Gasteiger partial charge in [-0.1, -0.05) is 29.3 Å².